The summed E-state index contributed by atoms with van der Waals surface area (Å²) in [6, 6.07) is 4.33. The standard InChI is InChI=1S/C13H21N3O4/c1-13(2,3)15-7-9(17)8-20-11-6-4-5-10(12(11)14)16(18)19/h4-6,9,15,17H,7-8,14H2,1-3H3/t9-/m0/s1. The van der Waals surface area contributed by atoms with Crippen LogP contribution in [-0.2, 0) is 0 Å². The molecule has 0 aliphatic heterocycles. The highest BCUT2D eigenvalue weighted by atomic mass is 16.6. The third-order valence-corrected chi connectivity index (χ3v) is 2.54. The first-order valence-electron chi connectivity index (χ1n) is 6.29. The van der Waals surface area contributed by atoms with Crippen molar-refractivity contribution in [3.63, 3.8) is 0 Å². The van der Waals surface area contributed by atoms with Gasteiger partial charge in [0.2, 0.25) is 0 Å². The number of β-amino-alcohol motifs (C(OH)–C–C–N with tert-alkyl or cyclic N) is 1. The Morgan fingerprint density at radius 3 is 2.70 bits per heavy atom. The highest BCUT2D eigenvalue weighted by molar-refractivity contribution is 5.66. The van der Waals surface area contributed by atoms with Gasteiger partial charge in [-0.15, -0.1) is 0 Å². The second-order valence-electron chi connectivity index (χ2n) is 5.54. The molecule has 0 aliphatic carbocycles. The van der Waals surface area contributed by atoms with Gasteiger partial charge in [0.05, 0.1) is 4.92 Å². The number of rotatable bonds is 6. The maximum atomic E-state index is 10.7. The maximum absolute atomic E-state index is 10.7. The van der Waals surface area contributed by atoms with Crippen LogP contribution in [0.3, 0.4) is 0 Å². The molecule has 7 nitrogen and oxygen atoms in total. The van der Waals surface area contributed by atoms with E-state index in [-0.39, 0.29) is 29.3 Å². The molecule has 112 valence electrons. The van der Waals surface area contributed by atoms with Gasteiger partial charge in [-0.2, -0.15) is 0 Å². The summed E-state index contributed by atoms with van der Waals surface area (Å²) in [5.74, 6) is 0.203. The molecule has 1 aromatic rings. The number of benzene rings is 1. The van der Waals surface area contributed by atoms with E-state index in [1.54, 1.807) is 0 Å². The van der Waals surface area contributed by atoms with Gasteiger partial charge in [0.15, 0.2) is 5.69 Å². The Morgan fingerprint density at radius 1 is 1.50 bits per heavy atom. The van der Waals surface area contributed by atoms with Gasteiger partial charge in [0.25, 0.3) is 5.69 Å². The number of anilines is 1. The van der Waals surface area contributed by atoms with Crippen LogP contribution in [-0.4, -0.2) is 34.8 Å². The number of nitro benzene ring substituents is 1. The van der Waals surface area contributed by atoms with Gasteiger partial charge in [-0.1, -0.05) is 6.07 Å². The van der Waals surface area contributed by atoms with Crippen LogP contribution in [0.4, 0.5) is 11.4 Å². The second kappa shape index (κ2) is 6.53. The molecule has 0 aliphatic rings. The first-order valence-corrected chi connectivity index (χ1v) is 6.29. The lowest BCUT2D eigenvalue weighted by molar-refractivity contribution is -0.384. The fourth-order valence-electron chi connectivity index (χ4n) is 1.49. The van der Waals surface area contributed by atoms with E-state index < -0.39 is 11.0 Å². The molecule has 1 atom stereocenters. The highest BCUT2D eigenvalue weighted by Crippen LogP contribution is 2.30. The van der Waals surface area contributed by atoms with Crippen LogP contribution in [0.1, 0.15) is 20.8 Å². The summed E-state index contributed by atoms with van der Waals surface area (Å²) in [6.07, 6.45) is -0.729. The number of nitrogen functional groups attached to an aromatic ring is 1. The number of nitro groups is 1. The number of hydrogen-bond acceptors (Lipinski definition) is 6. The summed E-state index contributed by atoms with van der Waals surface area (Å²) in [5.41, 5.74) is 5.31. The Kier molecular flexibility index (Phi) is 5.29. The summed E-state index contributed by atoms with van der Waals surface area (Å²) in [7, 11) is 0. The Balaban J connectivity index is 2.58. The molecule has 0 heterocycles. The third-order valence-electron chi connectivity index (χ3n) is 2.54. The van der Waals surface area contributed by atoms with Crippen molar-refractivity contribution in [2.75, 3.05) is 18.9 Å². The number of nitrogens with zero attached hydrogens (tertiary/aromatic N) is 1. The highest BCUT2D eigenvalue weighted by Gasteiger charge is 2.17. The van der Waals surface area contributed by atoms with Crippen molar-refractivity contribution < 1.29 is 14.8 Å². The molecule has 0 bridgehead atoms. The van der Waals surface area contributed by atoms with Crippen LogP contribution in [0.15, 0.2) is 18.2 Å². The molecule has 0 saturated carbocycles. The van der Waals surface area contributed by atoms with Gasteiger partial charge in [-0.3, -0.25) is 10.1 Å². The van der Waals surface area contributed by atoms with Crippen molar-refractivity contribution in [2.24, 2.45) is 0 Å². The lowest BCUT2D eigenvalue weighted by atomic mass is 10.1. The van der Waals surface area contributed by atoms with Gasteiger partial charge in [-0.05, 0) is 26.8 Å². The van der Waals surface area contributed by atoms with Crippen molar-refractivity contribution in [3.05, 3.63) is 28.3 Å². The topological polar surface area (TPSA) is 111 Å². The summed E-state index contributed by atoms with van der Waals surface area (Å²) in [6.45, 7) is 6.32. The van der Waals surface area contributed by atoms with Gasteiger partial charge in [0.1, 0.15) is 18.5 Å². The number of ether oxygens (including phenoxy) is 1. The van der Waals surface area contributed by atoms with Crippen LogP contribution in [0.25, 0.3) is 0 Å². The van der Waals surface area contributed by atoms with Crippen molar-refractivity contribution in [3.8, 4) is 5.75 Å². The molecule has 0 fully saturated rings. The second-order valence-corrected chi connectivity index (χ2v) is 5.54. The lowest BCUT2D eigenvalue weighted by Gasteiger charge is -2.23. The fraction of sp³-hybridized carbons (Fsp3) is 0.538. The number of nitrogens with two attached hydrogens (primary N) is 1. The van der Waals surface area contributed by atoms with E-state index in [0.29, 0.717) is 6.54 Å². The fourth-order valence-corrected chi connectivity index (χ4v) is 1.49. The van der Waals surface area contributed by atoms with Gasteiger partial charge >= 0.3 is 0 Å². The van der Waals surface area contributed by atoms with Crippen molar-refractivity contribution in [1.29, 1.82) is 0 Å². The minimum atomic E-state index is -0.729. The van der Waals surface area contributed by atoms with Crippen LogP contribution in [0.2, 0.25) is 0 Å². The van der Waals surface area contributed by atoms with Gasteiger partial charge in [-0.25, -0.2) is 0 Å². The molecular formula is C13H21N3O4. The average molecular weight is 283 g/mol. The SMILES string of the molecule is CC(C)(C)NC[C@H](O)COc1cccc([N+](=O)[O-])c1N. The number of para-hydroxylation sites is 1. The molecule has 1 aromatic carbocycles. The van der Waals surface area contributed by atoms with E-state index in [4.69, 9.17) is 10.5 Å². The normalized spacial score (nSPS) is 13.0. The molecule has 0 amide bonds. The quantitative estimate of drug-likeness (QED) is 0.412. The first-order chi connectivity index (χ1) is 9.20. The number of nitrogens with one attached hydrogen (secondary N) is 1. The third kappa shape index (κ3) is 5.02. The predicted molar refractivity (Wildman–Crippen MR) is 76.8 cm³/mol. The summed E-state index contributed by atoms with van der Waals surface area (Å²) < 4.78 is 5.34. The Morgan fingerprint density at radius 2 is 2.15 bits per heavy atom. The minimum Gasteiger partial charge on any atom is -0.488 e. The minimum absolute atomic E-state index is 0.00838. The zero-order chi connectivity index (χ0) is 15.3. The number of aliphatic hydroxyl groups excluding tert-OH is 1. The zero-order valence-electron chi connectivity index (χ0n) is 11.9. The number of aliphatic hydroxyl groups is 1. The molecule has 0 unspecified atom stereocenters. The van der Waals surface area contributed by atoms with Crippen LogP contribution < -0.4 is 15.8 Å². The molecule has 0 spiro atoms. The molecule has 0 saturated heterocycles. The van der Waals surface area contributed by atoms with Gasteiger partial charge < -0.3 is 20.9 Å². The van der Waals surface area contributed by atoms with E-state index in [0.717, 1.165) is 0 Å². The smallest absolute Gasteiger partial charge is 0.295 e. The Hall–Kier alpha value is -1.86. The van der Waals surface area contributed by atoms with E-state index in [2.05, 4.69) is 5.32 Å². The van der Waals surface area contributed by atoms with E-state index in [1.807, 2.05) is 20.8 Å². The van der Waals surface area contributed by atoms with Crippen LogP contribution >= 0.6 is 0 Å². The van der Waals surface area contributed by atoms with Crippen molar-refractivity contribution in [1.82, 2.24) is 5.32 Å². The van der Waals surface area contributed by atoms with Crippen molar-refractivity contribution in [2.45, 2.75) is 32.4 Å². The molecule has 7 heteroatoms. The largest absolute Gasteiger partial charge is 0.488 e. The summed E-state index contributed by atoms with van der Waals surface area (Å²) >= 11 is 0. The van der Waals surface area contributed by atoms with E-state index in [9.17, 15) is 15.2 Å². The summed E-state index contributed by atoms with van der Waals surface area (Å²) in [5, 5.41) is 23.6. The van der Waals surface area contributed by atoms with E-state index in [1.165, 1.54) is 18.2 Å². The van der Waals surface area contributed by atoms with E-state index >= 15 is 0 Å². The average Bonchev–Trinajstić information content (AvgIpc) is 2.34. The maximum Gasteiger partial charge on any atom is 0.295 e. The van der Waals surface area contributed by atoms with Crippen LogP contribution in [0.5, 0.6) is 5.75 Å². The first kappa shape index (κ1) is 16.2. The number of hydrogen-bond donors (Lipinski definition) is 3. The monoisotopic (exact) mass is 283 g/mol. The molecule has 1 rings (SSSR count). The lowest BCUT2D eigenvalue weighted by Crippen LogP contribution is -2.42. The predicted octanol–water partition coefficient (Wildman–Crippen LogP) is 1.30. The molecule has 0 radical (unpaired) electrons. The summed E-state index contributed by atoms with van der Waals surface area (Å²) in [4.78, 5) is 10.2. The van der Waals surface area contributed by atoms with Gasteiger partial charge in [0, 0.05) is 18.2 Å². The molecular weight excluding hydrogens is 262 g/mol. The Labute approximate surface area is 117 Å². The zero-order valence-corrected chi connectivity index (χ0v) is 11.9. The van der Waals surface area contributed by atoms with Crippen LogP contribution in [0, 0.1) is 10.1 Å². The molecule has 20 heavy (non-hydrogen) atoms. The molecule has 0 aromatic heterocycles. The Bertz CT molecular complexity index is 471. The molecule has 4 N–H and O–H groups in total. The van der Waals surface area contributed by atoms with Crippen molar-refractivity contribution >= 4 is 11.4 Å².